The van der Waals surface area contributed by atoms with Crippen LogP contribution in [0.1, 0.15) is 25.3 Å². The van der Waals surface area contributed by atoms with Crippen molar-refractivity contribution in [2.24, 2.45) is 5.73 Å². The van der Waals surface area contributed by atoms with E-state index in [9.17, 15) is 4.79 Å². The SMILES string of the molecule is CCC(N)CC(=O)Cc1ccccc1Cl. The van der Waals surface area contributed by atoms with Crippen molar-refractivity contribution in [3.05, 3.63) is 34.9 Å². The van der Waals surface area contributed by atoms with Gasteiger partial charge in [-0.05, 0) is 18.1 Å². The number of carbonyl (C=O) groups is 1. The molecule has 0 saturated carbocycles. The molecule has 82 valence electrons. The van der Waals surface area contributed by atoms with Crippen LogP contribution in [0.15, 0.2) is 24.3 Å². The summed E-state index contributed by atoms with van der Waals surface area (Å²) >= 11 is 5.96. The van der Waals surface area contributed by atoms with Gasteiger partial charge in [-0.1, -0.05) is 36.7 Å². The van der Waals surface area contributed by atoms with Gasteiger partial charge in [0.1, 0.15) is 5.78 Å². The zero-order chi connectivity index (χ0) is 11.3. The molecule has 0 aliphatic rings. The number of carbonyl (C=O) groups excluding carboxylic acids is 1. The van der Waals surface area contributed by atoms with Gasteiger partial charge < -0.3 is 5.73 Å². The van der Waals surface area contributed by atoms with Gasteiger partial charge in [0.15, 0.2) is 0 Å². The number of halogens is 1. The molecule has 0 radical (unpaired) electrons. The predicted octanol–water partition coefficient (Wildman–Crippen LogP) is 2.58. The van der Waals surface area contributed by atoms with Crippen LogP contribution in [0.25, 0.3) is 0 Å². The zero-order valence-corrected chi connectivity index (χ0v) is 9.63. The average Bonchev–Trinajstić information content (AvgIpc) is 2.21. The Morgan fingerprint density at radius 1 is 1.47 bits per heavy atom. The van der Waals surface area contributed by atoms with Gasteiger partial charge in [0.05, 0.1) is 0 Å². The second kappa shape index (κ2) is 5.89. The fourth-order valence-corrected chi connectivity index (χ4v) is 1.57. The monoisotopic (exact) mass is 225 g/mol. The second-order valence-corrected chi connectivity index (χ2v) is 4.09. The maximum Gasteiger partial charge on any atom is 0.138 e. The summed E-state index contributed by atoms with van der Waals surface area (Å²) in [5.74, 6) is 0.150. The van der Waals surface area contributed by atoms with Gasteiger partial charge in [-0.3, -0.25) is 4.79 Å². The molecule has 1 rings (SSSR count). The summed E-state index contributed by atoms with van der Waals surface area (Å²) < 4.78 is 0. The average molecular weight is 226 g/mol. The summed E-state index contributed by atoms with van der Waals surface area (Å²) in [4.78, 5) is 11.6. The number of benzene rings is 1. The van der Waals surface area contributed by atoms with Crippen LogP contribution in [-0.4, -0.2) is 11.8 Å². The molecule has 2 N–H and O–H groups in total. The van der Waals surface area contributed by atoms with E-state index in [1.165, 1.54) is 0 Å². The van der Waals surface area contributed by atoms with Gasteiger partial charge in [0, 0.05) is 23.9 Å². The third kappa shape index (κ3) is 4.02. The van der Waals surface area contributed by atoms with E-state index in [-0.39, 0.29) is 11.8 Å². The van der Waals surface area contributed by atoms with Crippen molar-refractivity contribution in [1.29, 1.82) is 0 Å². The van der Waals surface area contributed by atoms with Gasteiger partial charge >= 0.3 is 0 Å². The highest BCUT2D eigenvalue weighted by atomic mass is 35.5. The molecule has 0 aliphatic heterocycles. The molecule has 2 nitrogen and oxygen atoms in total. The number of hydrogen-bond acceptors (Lipinski definition) is 2. The van der Waals surface area contributed by atoms with E-state index in [2.05, 4.69) is 0 Å². The quantitative estimate of drug-likeness (QED) is 0.837. The highest BCUT2D eigenvalue weighted by Crippen LogP contribution is 2.16. The van der Waals surface area contributed by atoms with Gasteiger partial charge in [-0.25, -0.2) is 0 Å². The van der Waals surface area contributed by atoms with Gasteiger partial charge in [0.25, 0.3) is 0 Å². The van der Waals surface area contributed by atoms with E-state index < -0.39 is 0 Å². The number of hydrogen-bond donors (Lipinski definition) is 1. The summed E-state index contributed by atoms with van der Waals surface area (Å²) in [5, 5.41) is 0.649. The number of Topliss-reactive ketones (excluding diaryl/α,β-unsaturated/α-hetero) is 1. The summed E-state index contributed by atoms with van der Waals surface area (Å²) in [5.41, 5.74) is 6.59. The van der Waals surface area contributed by atoms with Gasteiger partial charge in [-0.15, -0.1) is 0 Å². The van der Waals surface area contributed by atoms with Crippen LogP contribution in [0.4, 0.5) is 0 Å². The molecule has 0 spiro atoms. The van der Waals surface area contributed by atoms with Crippen molar-refractivity contribution < 1.29 is 4.79 Å². The van der Waals surface area contributed by atoms with E-state index in [4.69, 9.17) is 17.3 Å². The first-order chi connectivity index (χ1) is 7.13. The predicted molar refractivity (Wildman–Crippen MR) is 63.0 cm³/mol. The summed E-state index contributed by atoms with van der Waals surface area (Å²) in [6.45, 7) is 1.98. The lowest BCUT2D eigenvalue weighted by atomic mass is 10.0. The molecule has 3 heteroatoms. The smallest absolute Gasteiger partial charge is 0.138 e. The molecule has 0 aromatic heterocycles. The summed E-state index contributed by atoms with van der Waals surface area (Å²) in [7, 11) is 0. The molecule has 0 fully saturated rings. The lowest BCUT2D eigenvalue weighted by Crippen LogP contribution is -2.23. The lowest BCUT2D eigenvalue weighted by molar-refractivity contribution is -0.118. The van der Waals surface area contributed by atoms with E-state index in [0.29, 0.717) is 17.9 Å². The Morgan fingerprint density at radius 2 is 2.13 bits per heavy atom. The third-order valence-electron chi connectivity index (χ3n) is 2.36. The normalized spacial score (nSPS) is 12.5. The van der Waals surface area contributed by atoms with E-state index in [1.54, 1.807) is 6.07 Å². The molecule has 0 heterocycles. The van der Waals surface area contributed by atoms with Gasteiger partial charge in [0.2, 0.25) is 0 Å². The van der Waals surface area contributed by atoms with Crippen molar-refractivity contribution in [2.75, 3.05) is 0 Å². The van der Waals surface area contributed by atoms with Crippen molar-refractivity contribution in [2.45, 2.75) is 32.2 Å². The minimum Gasteiger partial charge on any atom is -0.327 e. The van der Waals surface area contributed by atoms with Crippen LogP contribution in [0.3, 0.4) is 0 Å². The van der Waals surface area contributed by atoms with Crippen molar-refractivity contribution in [1.82, 2.24) is 0 Å². The summed E-state index contributed by atoms with van der Waals surface area (Å²) in [6, 6.07) is 7.38. The minimum atomic E-state index is -0.0278. The molecule has 1 unspecified atom stereocenters. The number of ketones is 1. The second-order valence-electron chi connectivity index (χ2n) is 3.68. The highest BCUT2D eigenvalue weighted by Gasteiger charge is 2.10. The fraction of sp³-hybridized carbons (Fsp3) is 0.417. The first-order valence-corrected chi connectivity index (χ1v) is 5.52. The molecule has 1 aromatic rings. The Morgan fingerprint density at radius 3 is 2.73 bits per heavy atom. The van der Waals surface area contributed by atoms with E-state index in [1.807, 2.05) is 25.1 Å². The first-order valence-electron chi connectivity index (χ1n) is 5.14. The van der Waals surface area contributed by atoms with E-state index >= 15 is 0 Å². The highest BCUT2D eigenvalue weighted by molar-refractivity contribution is 6.31. The molecule has 0 bridgehead atoms. The molecule has 15 heavy (non-hydrogen) atoms. The zero-order valence-electron chi connectivity index (χ0n) is 8.87. The molecule has 0 aliphatic carbocycles. The summed E-state index contributed by atoms with van der Waals surface area (Å²) in [6.07, 6.45) is 1.64. The van der Waals surface area contributed by atoms with Crippen LogP contribution in [0.5, 0.6) is 0 Å². The standard InChI is InChI=1S/C12H16ClNO/c1-2-10(14)8-11(15)7-9-5-3-4-6-12(9)13/h3-6,10H,2,7-8,14H2,1H3. The molecular weight excluding hydrogens is 210 g/mol. The molecular formula is C12H16ClNO. The number of nitrogens with two attached hydrogens (primary N) is 1. The van der Waals surface area contributed by atoms with Crippen molar-refractivity contribution in [3.8, 4) is 0 Å². The Hall–Kier alpha value is -0.860. The van der Waals surface area contributed by atoms with E-state index in [0.717, 1.165) is 12.0 Å². The fourth-order valence-electron chi connectivity index (χ4n) is 1.36. The Bertz CT molecular complexity index is 338. The molecule has 1 aromatic carbocycles. The Balaban J connectivity index is 2.55. The lowest BCUT2D eigenvalue weighted by Gasteiger charge is -2.08. The van der Waals surface area contributed by atoms with Gasteiger partial charge in [-0.2, -0.15) is 0 Å². The Kier molecular flexibility index (Phi) is 4.79. The molecule has 0 saturated heterocycles. The van der Waals surface area contributed by atoms with Crippen molar-refractivity contribution >= 4 is 17.4 Å². The topological polar surface area (TPSA) is 43.1 Å². The van der Waals surface area contributed by atoms with Crippen LogP contribution in [0.2, 0.25) is 5.02 Å². The Labute approximate surface area is 95.4 Å². The maximum atomic E-state index is 11.6. The van der Waals surface area contributed by atoms with Crippen LogP contribution < -0.4 is 5.73 Å². The van der Waals surface area contributed by atoms with Crippen LogP contribution in [0, 0.1) is 0 Å². The van der Waals surface area contributed by atoms with Crippen molar-refractivity contribution in [3.63, 3.8) is 0 Å². The molecule has 0 amide bonds. The third-order valence-corrected chi connectivity index (χ3v) is 2.73. The molecule has 1 atom stereocenters. The maximum absolute atomic E-state index is 11.6. The number of rotatable bonds is 5. The minimum absolute atomic E-state index is 0.0278. The van der Waals surface area contributed by atoms with Crippen LogP contribution in [-0.2, 0) is 11.2 Å². The first kappa shape index (κ1) is 12.2. The van der Waals surface area contributed by atoms with Crippen LogP contribution >= 0.6 is 11.6 Å². The largest absolute Gasteiger partial charge is 0.327 e.